The molecule has 0 spiro atoms. The molecule has 0 saturated heterocycles. The van der Waals surface area contributed by atoms with Crippen molar-refractivity contribution >= 4 is 27.8 Å². The van der Waals surface area contributed by atoms with Crippen molar-refractivity contribution < 1.29 is 19.0 Å². The van der Waals surface area contributed by atoms with Crippen LogP contribution < -0.4 is 9.47 Å². The van der Waals surface area contributed by atoms with E-state index in [1.165, 1.54) is 7.11 Å². The van der Waals surface area contributed by atoms with E-state index in [-0.39, 0.29) is 0 Å². The standard InChI is InChI=1S/C16H15NO4/c1-19-10-4-5-13-11(8-10)12-6-9(16(18)21-3)7-14(20-2)15(12)17-13/h4-8,17H,1-3H3. The van der Waals surface area contributed by atoms with Gasteiger partial charge in [0.25, 0.3) is 0 Å². The number of benzene rings is 2. The van der Waals surface area contributed by atoms with Crippen LogP contribution in [0.15, 0.2) is 30.3 Å². The van der Waals surface area contributed by atoms with Crippen molar-refractivity contribution in [1.82, 2.24) is 4.98 Å². The third kappa shape index (κ3) is 2.07. The molecule has 0 saturated carbocycles. The van der Waals surface area contributed by atoms with Gasteiger partial charge in [0.2, 0.25) is 0 Å². The molecule has 0 bridgehead atoms. The van der Waals surface area contributed by atoms with E-state index in [0.717, 1.165) is 27.6 Å². The molecule has 0 unspecified atom stereocenters. The van der Waals surface area contributed by atoms with E-state index in [0.29, 0.717) is 11.3 Å². The summed E-state index contributed by atoms with van der Waals surface area (Å²) >= 11 is 0. The van der Waals surface area contributed by atoms with Crippen molar-refractivity contribution in [3.63, 3.8) is 0 Å². The van der Waals surface area contributed by atoms with Crippen LogP contribution in [0.1, 0.15) is 10.4 Å². The van der Waals surface area contributed by atoms with Gasteiger partial charge in [-0.05, 0) is 30.3 Å². The Morgan fingerprint density at radius 1 is 1.00 bits per heavy atom. The second-order valence-electron chi connectivity index (χ2n) is 4.63. The second-order valence-corrected chi connectivity index (χ2v) is 4.63. The van der Waals surface area contributed by atoms with Gasteiger partial charge in [-0.25, -0.2) is 4.79 Å². The molecule has 3 rings (SSSR count). The Balaban J connectivity index is 2.37. The van der Waals surface area contributed by atoms with E-state index in [2.05, 4.69) is 4.98 Å². The van der Waals surface area contributed by atoms with Crippen LogP contribution >= 0.6 is 0 Å². The number of aromatic nitrogens is 1. The topological polar surface area (TPSA) is 60.5 Å². The zero-order chi connectivity index (χ0) is 15.0. The summed E-state index contributed by atoms with van der Waals surface area (Å²) in [6, 6.07) is 9.20. The summed E-state index contributed by atoms with van der Waals surface area (Å²) in [6.45, 7) is 0. The van der Waals surface area contributed by atoms with E-state index in [9.17, 15) is 4.79 Å². The van der Waals surface area contributed by atoms with Gasteiger partial charge in [0.15, 0.2) is 0 Å². The normalized spacial score (nSPS) is 10.8. The number of hydrogen-bond donors (Lipinski definition) is 1. The lowest BCUT2D eigenvalue weighted by molar-refractivity contribution is 0.0600. The van der Waals surface area contributed by atoms with Crippen LogP contribution in [0, 0.1) is 0 Å². The molecule has 1 aromatic heterocycles. The Kier molecular flexibility index (Phi) is 3.17. The Hall–Kier alpha value is -2.69. The number of rotatable bonds is 3. The SMILES string of the molecule is COC(=O)c1cc(OC)c2[nH]c3ccc(OC)cc3c2c1. The molecule has 0 amide bonds. The maximum Gasteiger partial charge on any atom is 0.338 e. The molecule has 0 aliphatic heterocycles. The summed E-state index contributed by atoms with van der Waals surface area (Å²) in [7, 11) is 4.55. The number of esters is 1. The molecule has 1 heterocycles. The first-order valence-electron chi connectivity index (χ1n) is 6.43. The van der Waals surface area contributed by atoms with Gasteiger partial charge in [-0.2, -0.15) is 0 Å². The van der Waals surface area contributed by atoms with Gasteiger partial charge in [-0.15, -0.1) is 0 Å². The monoisotopic (exact) mass is 285 g/mol. The highest BCUT2D eigenvalue weighted by atomic mass is 16.5. The molecule has 108 valence electrons. The van der Waals surface area contributed by atoms with E-state index in [4.69, 9.17) is 14.2 Å². The molecule has 3 aromatic rings. The molecule has 5 nitrogen and oxygen atoms in total. The molecule has 0 aliphatic rings. The minimum atomic E-state index is -0.396. The smallest absolute Gasteiger partial charge is 0.338 e. The van der Waals surface area contributed by atoms with Crippen LogP contribution in [-0.2, 0) is 4.74 Å². The highest BCUT2D eigenvalue weighted by molar-refractivity contribution is 6.11. The maximum absolute atomic E-state index is 11.8. The number of H-pyrrole nitrogens is 1. The zero-order valence-corrected chi connectivity index (χ0v) is 12.0. The fourth-order valence-electron chi connectivity index (χ4n) is 2.47. The molecule has 1 N–H and O–H groups in total. The van der Waals surface area contributed by atoms with Crippen molar-refractivity contribution in [2.45, 2.75) is 0 Å². The van der Waals surface area contributed by atoms with Crippen molar-refractivity contribution in [2.75, 3.05) is 21.3 Å². The van der Waals surface area contributed by atoms with Gasteiger partial charge < -0.3 is 19.2 Å². The summed E-state index contributed by atoms with van der Waals surface area (Å²) in [5, 5.41) is 1.86. The van der Waals surface area contributed by atoms with Crippen LogP contribution in [0.2, 0.25) is 0 Å². The zero-order valence-electron chi connectivity index (χ0n) is 12.0. The molecule has 2 aromatic carbocycles. The third-order valence-corrected chi connectivity index (χ3v) is 3.52. The average Bonchev–Trinajstić information content (AvgIpc) is 2.90. The highest BCUT2D eigenvalue weighted by Gasteiger charge is 2.15. The van der Waals surface area contributed by atoms with E-state index >= 15 is 0 Å². The molecular formula is C16H15NO4. The fraction of sp³-hybridized carbons (Fsp3) is 0.188. The minimum Gasteiger partial charge on any atom is -0.497 e. The lowest BCUT2D eigenvalue weighted by Crippen LogP contribution is -2.01. The number of methoxy groups -OCH3 is 3. The molecule has 21 heavy (non-hydrogen) atoms. The summed E-state index contributed by atoms with van der Waals surface area (Å²) in [6.07, 6.45) is 0. The summed E-state index contributed by atoms with van der Waals surface area (Å²) in [4.78, 5) is 15.1. The van der Waals surface area contributed by atoms with Crippen molar-refractivity contribution in [1.29, 1.82) is 0 Å². The number of ether oxygens (including phenoxy) is 3. The third-order valence-electron chi connectivity index (χ3n) is 3.52. The van der Waals surface area contributed by atoms with Crippen LogP contribution in [-0.4, -0.2) is 32.3 Å². The van der Waals surface area contributed by atoms with Crippen LogP contribution in [0.25, 0.3) is 21.8 Å². The number of carbonyl (C=O) groups is 1. The van der Waals surface area contributed by atoms with Crippen molar-refractivity contribution in [3.05, 3.63) is 35.9 Å². The largest absolute Gasteiger partial charge is 0.497 e. The van der Waals surface area contributed by atoms with E-state index in [1.807, 2.05) is 18.2 Å². The lowest BCUT2D eigenvalue weighted by Gasteiger charge is -2.05. The fourth-order valence-corrected chi connectivity index (χ4v) is 2.47. The summed E-state index contributed by atoms with van der Waals surface area (Å²) in [5.74, 6) is 0.960. The highest BCUT2D eigenvalue weighted by Crippen LogP contribution is 2.34. The molecule has 5 heteroatoms. The Labute approximate surface area is 121 Å². The Bertz CT molecular complexity index is 835. The summed E-state index contributed by atoms with van der Waals surface area (Å²) < 4.78 is 15.4. The van der Waals surface area contributed by atoms with Crippen molar-refractivity contribution in [3.8, 4) is 11.5 Å². The van der Waals surface area contributed by atoms with Crippen molar-refractivity contribution in [2.24, 2.45) is 0 Å². The van der Waals surface area contributed by atoms with E-state index < -0.39 is 5.97 Å². The minimum absolute atomic E-state index is 0.396. The first-order chi connectivity index (χ1) is 10.2. The predicted octanol–water partition coefficient (Wildman–Crippen LogP) is 3.12. The average molecular weight is 285 g/mol. The van der Waals surface area contributed by atoms with Gasteiger partial charge in [0, 0.05) is 16.3 Å². The van der Waals surface area contributed by atoms with E-state index in [1.54, 1.807) is 26.4 Å². The van der Waals surface area contributed by atoms with Crippen LogP contribution in [0.3, 0.4) is 0 Å². The van der Waals surface area contributed by atoms with Crippen LogP contribution in [0.5, 0.6) is 11.5 Å². The number of hydrogen-bond acceptors (Lipinski definition) is 4. The first-order valence-corrected chi connectivity index (χ1v) is 6.43. The molecule has 0 atom stereocenters. The Morgan fingerprint density at radius 2 is 1.81 bits per heavy atom. The first kappa shape index (κ1) is 13.3. The van der Waals surface area contributed by atoms with Gasteiger partial charge in [0.1, 0.15) is 11.5 Å². The van der Waals surface area contributed by atoms with Gasteiger partial charge in [-0.3, -0.25) is 0 Å². The second kappa shape index (κ2) is 5.01. The molecule has 0 aliphatic carbocycles. The Morgan fingerprint density at radius 3 is 2.48 bits per heavy atom. The maximum atomic E-state index is 11.8. The number of nitrogens with one attached hydrogen (secondary N) is 1. The van der Waals surface area contributed by atoms with Gasteiger partial charge >= 0.3 is 5.97 Å². The van der Waals surface area contributed by atoms with Gasteiger partial charge in [0.05, 0.1) is 32.4 Å². The predicted molar refractivity (Wildman–Crippen MR) is 80.2 cm³/mol. The summed E-state index contributed by atoms with van der Waals surface area (Å²) in [5.41, 5.74) is 2.24. The number of fused-ring (bicyclic) bond motifs is 3. The lowest BCUT2D eigenvalue weighted by atomic mass is 10.1. The quantitative estimate of drug-likeness (QED) is 0.751. The molecular weight excluding hydrogens is 270 g/mol. The molecule has 0 radical (unpaired) electrons. The van der Waals surface area contributed by atoms with Crippen LogP contribution in [0.4, 0.5) is 0 Å². The number of aromatic amines is 1. The number of carbonyl (C=O) groups excluding carboxylic acids is 1. The molecule has 0 fully saturated rings. The van der Waals surface area contributed by atoms with Gasteiger partial charge in [-0.1, -0.05) is 0 Å².